The molecule has 1 N–H and O–H groups in total. The molecule has 34 heavy (non-hydrogen) atoms. The number of benzene rings is 2. The van der Waals surface area contributed by atoms with Gasteiger partial charge in [0.15, 0.2) is 0 Å². The van der Waals surface area contributed by atoms with Gasteiger partial charge in [-0.2, -0.15) is 4.31 Å². The third-order valence-corrected chi connectivity index (χ3v) is 7.54. The Kier molecular flexibility index (Phi) is 7.78. The van der Waals surface area contributed by atoms with Crippen molar-refractivity contribution < 1.29 is 22.7 Å². The smallest absolute Gasteiger partial charge is 0.410 e. The van der Waals surface area contributed by atoms with Crippen LogP contribution in [0.3, 0.4) is 0 Å². The Morgan fingerprint density at radius 2 is 1.59 bits per heavy atom. The molecular weight excluding hydrogens is 454 g/mol. The molecule has 1 aliphatic heterocycles. The van der Waals surface area contributed by atoms with E-state index < -0.39 is 16.1 Å². The summed E-state index contributed by atoms with van der Waals surface area (Å²) in [7, 11) is -3.71. The lowest BCUT2D eigenvalue weighted by Crippen LogP contribution is -2.50. The number of hydrogen-bond donors (Lipinski definition) is 1. The van der Waals surface area contributed by atoms with Crippen molar-refractivity contribution in [3.05, 3.63) is 72.3 Å². The van der Waals surface area contributed by atoms with Crippen LogP contribution in [0.1, 0.15) is 31.9 Å². The van der Waals surface area contributed by atoms with E-state index in [1.54, 1.807) is 0 Å². The zero-order valence-corrected chi connectivity index (χ0v) is 20.6. The molecule has 2 amide bonds. The molecule has 0 atom stereocenters. The van der Waals surface area contributed by atoms with Gasteiger partial charge in [-0.15, -0.1) is 0 Å². The van der Waals surface area contributed by atoms with Crippen LogP contribution < -0.4 is 5.32 Å². The third-order valence-electron chi connectivity index (χ3n) is 5.62. The number of sulfonamides is 1. The van der Waals surface area contributed by atoms with E-state index in [1.807, 2.05) is 24.3 Å². The Morgan fingerprint density at radius 1 is 1.00 bits per heavy atom. The first-order valence-electron chi connectivity index (χ1n) is 11.1. The minimum Gasteiger partial charge on any atom is -0.445 e. The van der Waals surface area contributed by atoms with Gasteiger partial charge in [-0.05, 0) is 46.9 Å². The van der Waals surface area contributed by atoms with Crippen molar-refractivity contribution in [2.45, 2.75) is 37.7 Å². The lowest BCUT2D eigenvalue weighted by molar-refractivity contribution is -0.111. The number of rotatable bonds is 6. The number of nitrogens with zero attached hydrogens (tertiary/aromatic N) is 2. The van der Waals surface area contributed by atoms with Gasteiger partial charge in [-0.1, -0.05) is 51.6 Å². The van der Waals surface area contributed by atoms with Gasteiger partial charge in [0, 0.05) is 31.9 Å². The van der Waals surface area contributed by atoms with Gasteiger partial charge >= 0.3 is 6.09 Å². The molecule has 1 heterocycles. The molecule has 0 unspecified atom stereocenters. The topological polar surface area (TPSA) is 96.0 Å². The van der Waals surface area contributed by atoms with Crippen LogP contribution in [0.5, 0.6) is 0 Å². The van der Waals surface area contributed by atoms with Crippen LogP contribution in [0, 0.1) is 0 Å². The van der Waals surface area contributed by atoms with Crippen LogP contribution >= 0.6 is 0 Å². The maximum Gasteiger partial charge on any atom is 0.410 e. The zero-order valence-electron chi connectivity index (χ0n) is 19.8. The second kappa shape index (κ2) is 10.4. The van der Waals surface area contributed by atoms with Crippen molar-refractivity contribution in [2.75, 3.05) is 31.5 Å². The summed E-state index contributed by atoms with van der Waals surface area (Å²) in [4.78, 5) is 25.5. The lowest BCUT2D eigenvalue weighted by Gasteiger charge is -2.33. The number of ether oxygens (including phenoxy) is 1. The number of carbonyl (C=O) groups is 2. The molecule has 0 aromatic heterocycles. The number of amides is 2. The monoisotopic (exact) mass is 485 g/mol. The first-order valence-corrected chi connectivity index (χ1v) is 12.5. The molecule has 2 aromatic rings. The van der Waals surface area contributed by atoms with E-state index in [9.17, 15) is 18.0 Å². The molecule has 0 aliphatic carbocycles. The molecule has 1 fully saturated rings. The fourth-order valence-corrected chi connectivity index (χ4v) is 4.92. The molecule has 0 bridgehead atoms. The molecule has 0 spiro atoms. The first-order chi connectivity index (χ1) is 16.0. The summed E-state index contributed by atoms with van der Waals surface area (Å²) in [6.45, 7) is 10.8. The van der Waals surface area contributed by atoms with Crippen LogP contribution in [-0.4, -0.2) is 55.8 Å². The van der Waals surface area contributed by atoms with Crippen molar-refractivity contribution in [1.82, 2.24) is 9.21 Å². The molecule has 182 valence electrons. The summed E-state index contributed by atoms with van der Waals surface area (Å²) in [5.74, 6) is -0.375. The molecule has 0 saturated carbocycles. The molecular formula is C25H31N3O5S. The van der Waals surface area contributed by atoms with Crippen LogP contribution in [0.25, 0.3) is 0 Å². The highest BCUT2D eigenvalue weighted by atomic mass is 32.2. The van der Waals surface area contributed by atoms with E-state index in [4.69, 9.17) is 4.74 Å². The molecule has 2 aromatic carbocycles. The number of carbonyl (C=O) groups excluding carboxylic acids is 2. The summed E-state index contributed by atoms with van der Waals surface area (Å²) >= 11 is 0. The molecule has 1 saturated heterocycles. The number of nitrogens with one attached hydrogen (secondary N) is 1. The van der Waals surface area contributed by atoms with E-state index in [1.165, 1.54) is 39.0 Å². The Hall–Kier alpha value is -3.17. The summed E-state index contributed by atoms with van der Waals surface area (Å²) in [6.07, 6.45) is 0.678. The van der Waals surface area contributed by atoms with E-state index in [2.05, 4.69) is 32.7 Å². The number of anilines is 1. The average molecular weight is 486 g/mol. The lowest BCUT2D eigenvalue weighted by atomic mass is 9.87. The van der Waals surface area contributed by atoms with Crippen molar-refractivity contribution >= 4 is 27.7 Å². The minimum absolute atomic E-state index is 0.0543. The van der Waals surface area contributed by atoms with Gasteiger partial charge in [0.05, 0.1) is 4.90 Å². The van der Waals surface area contributed by atoms with Gasteiger partial charge < -0.3 is 15.0 Å². The maximum atomic E-state index is 12.9. The largest absolute Gasteiger partial charge is 0.445 e. The Morgan fingerprint density at radius 3 is 2.12 bits per heavy atom. The van der Waals surface area contributed by atoms with Crippen molar-refractivity contribution in [3.63, 3.8) is 0 Å². The number of piperazine rings is 1. The fraction of sp³-hybridized carbons (Fsp3) is 0.360. The highest BCUT2D eigenvalue weighted by molar-refractivity contribution is 7.89. The van der Waals surface area contributed by atoms with Crippen molar-refractivity contribution in [1.29, 1.82) is 0 Å². The van der Waals surface area contributed by atoms with E-state index in [0.29, 0.717) is 5.69 Å². The molecule has 1 aliphatic rings. The highest BCUT2D eigenvalue weighted by Gasteiger charge is 2.30. The molecule has 3 rings (SSSR count). The normalized spacial score (nSPS) is 15.0. The second-order valence-corrected chi connectivity index (χ2v) is 11.0. The quantitative estimate of drug-likeness (QED) is 0.629. The molecule has 9 heteroatoms. The van der Waals surface area contributed by atoms with E-state index in [-0.39, 0.29) is 49.0 Å². The van der Waals surface area contributed by atoms with E-state index in [0.717, 1.165) is 11.6 Å². The maximum absolute atomic E-state index is 12.9. The minimum atomic E-state index is -3.71. The van der Waals surface area contributed by atoms with Crippen LogP contribution in [0.15, 0.2) is 66.1 Å². The van der Waals surface area contributed by atoms with Crippen LogP contribution in [0.4, 0.5) is 10.5 Å². The fourth-order valence-electron chi connectivity index (χ4n) is 3.50. The predicted molar refractivity (Wildman–Crippen MR) is 131 cm³/mol. The molecule has 8 nitrogen and oxygen atoms in total. The Labute approximate surface area is 201 Å². The van der Waals surface area contributed by atoms with E-state index >= 15 is 0 Å². The summed E-state index contributed by atoms with van der Waals surface area (Å²) in [5.41, 5.74) is 2.63. The van der Waals surface area contributed by atoms with Gasteiger partial charge in [0.25, 0.3) is 0 Å². The van der Waals surface area contributed by atoms with Gasteiger partial charge in [-0.25, -0.2) is 13.2 Å². The predicted octanol–water partition coefficient (Wildman–Crippen LogP) is 3.75. The highest BCUT2D eigenvalue weighted by Crippen LogP contribution is 2.23. The second-order valence-electron chi connectivity index (χ2n) is 9.11. The summed E-state index contributed by atoms with van der Waals surface area (Å²) < 4.78 is 32.7. The first kappa shape index (κ1) is 25.5. The standard InChI is InChI=1S/C25H31N3O5S/c1-5-23(29)26-21-10-12-22(13-11-21)34(31,32)28-16-14-27(15-17-28)24(30)33-18-19-6-8-20(9-7-19)25(2,3)4/h5-13H,1,14-18H2,2-4H3,(H,26,29). The van der Waals surface area contributed by atoms with Gasteiger partial charge in [0.1, 0.15) is 6.61 Å². The zero-order chi connectivity index (χ0) is 24.9. The summed E-state index contributed by atoms with van der Waals surface area (Å²) in [6, 6.07) is 13.9. The Bertz CT molecular complexity index is 1130. The van der Waals surface area contributed by atoms with Gasteiger partial charge in [0.2, 0.25) is 15.9 Å². The Balaban J connectivity index is 1.52. The average Bonchev–Trinajstić information content (AvgIpc) is 2.82. The van der Waals surface area contributed by atoms with Crippen LogP contribution in [-0.2, 0) is 31.6 Å². The van der Waals surface area contributed by atoms with Crippen molar-refractivity contribution in [2.24, 2.45) is 0 Å². The molecule has 0 radical (unpaired) electrons. The SMILES string of the molecule is C=CC(=O)Nc1ccc(S(=O)(=O)N2CCN(C(=O)OCc3ccc(C(C)(C)C)cc3)CC2)cc1. The summed E-state index contributed by atoms with van der Waals surface area (Å²) in [5, 5.41) is 2.58. The number of hydrogen-bond acceptors (Lipinski definition) is 5. The third kappa shape index (κ3) is 6.24. The van der Waals surface area contributed by atoms with Crippen molar-refractivity contribution in [3.8, 4) is 0 Å². The van der Waals surface area contributed by atoms with Crippen LogP contribution in [0.2, 0.25) is 0 Å². The van der Waals surface area contributed by atoms with Gasteiger partial charge in [-0.3, -0.25) is 4.79 Å².